The number of hydrogen-bond acceptors (Lipinski definition) is 1. The van der Waals surface area contributed by atoms with Gasteiger partial charge in [0.05, 0.1) is 0 Å². The lowest BCUT2D eigenvalue weighted by Gasteiger charge is -2.16. The zero-order chi connectivity index (χ0) is 13.1. The van der Waals surface area contributed by atoms with E-state index >= 15 is 0 Å². The van der Waals surface area contributed by atoms with Crippen molar-refractivity contribution in [3.05, 3.63) is 60.2 Å². The molecule has 0 bridgehead atoms. The SMILES string of the molecule is NCCC(c1ccc(-c2ccccc2)cc1)C1CC1. The monoisotopic (exact) mass is 251 g/mol. The van der Waals surface area contributed by atoms with Crippen molar-refractivity contribution in [3.8, 4) is 11.1 Å². The standard InChI is InChI=1S/C18H21N/c19-13-12-18(17-10-11-17)16-8-6-15(7-9-16)14-4-2-1-3-5-14/h1-9,17-18H,10-13,19H2. The molecule has 1 atom stereocenters. The van der Waals surface area contributed by atoms with Crippen molar-refractivity contribution in [2.45, 2.75) is 25.2 Å². The van der Waals surface area contributed by atoms with Crippen LogP contribution in [0.2, 0.25) is 0 Å². The molecule has 1 unspecified atom stereocenters. The zero-order valence-corrected chi connectivity index (χ0v) is 11.3. The number of benzene rings is 2. The molecule has 0 radical (unpaired) electrons. The first-order chi connectivity index (χ1) is 9.38. The zero-order valence-electron chi connectivity index (χ0n) is 11.3. The predicted molar refractivity (Wildman–Crippen MR) is 81.0 cm³/mol. The predicted octanol–water partition coefficient (Wildman–Crippen LogP) is 4.20. The van der Waals surface area contributed by atoms with Gasteiger partial charge in [-0.3, -0.25) is 0 Å². The van der Waals surface area contributed by atoms with Gasteiger partial charge < -0.3 is 5.73 Å². The quantitative estimate of drug-likeness (QED) is 0.847. The second-order valence-corrected chi connectivity index (χ2v) is 5.51. The Bertz CT molecular complexity index is 511. The van der Waals surface area contributed by atoms with E-state index in [-0.39, 0.29) is 0 Å². The molecule has 1 heteroatoms. The molecule has 1 saturated carbocycles. The summed E-state index contributed by atoms with van der Waals surface area (Å²) in [5.74, 6) is 1.56. The highest BCUT2D eigenvalue weighted by atomic mass is 14.5. The van der Waals surface area contributed by atoms with Gasteiger partial charge >= 0.3 is 0 Å². The Kier molecular flexibility index (Phi) is 3.65. The van der Waals surface area contributed by atoms with Crippen LogP contribution in [0.3, 0.4) is 0 Å². The Balaban J connectivity index is 1.82. The molecule has 3 rings (SSSR count). The van der Waals surface area contributed by atoms with Crippen LogP contribution in [0.15, 0.2) is 54.6 Å². The van der Waals surface area contributed by atoms with Crippen LogP contribution in [0.25, 0.3) is 11.1 Å². The van der Waals surface area contributed by atoms with Crippen molar-refractivity contribution in [2.24, 2.45) is 11.7 Å². The third-order valence-electron chi connectivity index (χ3n) is 4.11. The van der Waals surface area contributed by atoms with E-state index in [9.17, 15) is 0 Å². The summed E-state index contributed by atoms with van der Waals surface area (Å²) in [6, 6.07) is 19.6. The molecule has 0 amide bonds. The lowest BCUT2D eigenvalue weighted by Crippen LogP contribution is -2.09. The number of rotatable bonds is 5. The van der Waals surface area contributed by atoms with E-state index in [1.165, 1.54) is 29.5 Å². The van der Waals surface area contributed by atoms with Gasteiger partial charge in [0.1, 0.15) is 0 Å². The smallest absolute Gasteiger partial charge is 0.00713 e. The second kappa shape index (κ2) is 5.58. The average Bonchev–Trinajstić information content (AvgIpc) is 3.31. The molecule has 19 heavy (non-hydrogen) atoms. The second-order valence-electron chi connectivity index (χ2n) is 5.51. The van der Waals surface area contributed by atoms with Crippen LogP contribution >= 0.6 is 0 Å². The first kappa shape index (κ1) is 12.4. The molecular weight excluding hydrogens is 230 g/mol. The van der Waals surface area contributed by atoms with Gasteiger partial charge in [-0.2, -0.15) is 0 Å². The topological polar surface area (TPSA) is 26.0 Å². The molecule has 2 aromatic carbocycles. The molecule has 1 aliphatic carbocycles. The maximum atomic E-state index is 5.75. The molecular formula is C18H21N. The molecule has 98 valence electrons. The van der Waals surface area contributed by atoms with Crippen LogP contribution in [0.1, 0.15) is 30.7 Å². The van der Waals surface area contributed by atoms with Crippen LogP contribution < -0.4 is 5.73 Å². The summed E-state index contributed by atoms with van der Waals surface area (Å²) in [7, 11) is 0. The third-order valence-corrected chi connectivity index (χ3v) is 4.11. The van der Waals surface area contributed by atoms with Crippen molar-refractivity contribution in [3.63, 3.8) is 0 Å². The molecule has 1 fully saturated rings. The fraction of sp³-hybridized carbons (Fsp3) is 0.333. The van der Waals surface area contributed by atoms with Crippen molar-refractivity contribution in [2.75, 3.05) is 6.54 Å². The molecule has 0 saturated heterocycles. The number of hydrogen-bond donors (Lipinski definition) is 1. The first-order valence-electron chi connectivity index (χ1n) is 7.24. The molecule has 0 heterocycles. The van der Waals surface area contributed by atoms with Gasteiger partial charge in [-0.25, -0.2) is 0 Å². The van der Waals surface area contributed by atoms with E-state index in [0.29, 0.717) is 5.92 Å². The van der Waals surface area contributed by atoms with Gasteiger partial charge in [-0.1, -0.05) is 54.6 Å². The van der Waals surface area contributed by atoms with Gasteiger partial charge in [-0.05, 0) is 54.3 Å². The van der Waals surface area contributed by atoms with Crippen LogP contribution in [-0.2, 0) is 0 Å². The fourth-order valence-electron chi connectivity index (χ4n) is 2.91. The van der Waals surface area contributed by atoms with Gasteiger partial charge in [-0.15, -0.1) is 0 Å². The van der Waals surface area contributed by atoms with Crippen LogP contribution in [0.5, 0.6) is 0 Å². The van der Waals surface area contributed by atoms with Crippen LogP contribution in [-0.4, -0.2) is 6.54 Å². The molecule has 2 aromatic rings. The van der Waals surface area contributed by atoms with E-state index < -0.39 is 0 Å². The molecule has 0 aliphatic heterocycles. The van der Waals surface area contributed by atoms with E-state index in [4.69, 9.17) is 5.73 Å². The summed E-state index contributed by atoms with van der Waals surface area (Å²) in [6.45, 7) is 0.793. The summed E-state index contributed by atoms with van der Waals surface area (Å²) >= 11 is 0. The van der Waals surface area contributed by atoms with E-state index in [1.54, 1.807) is 0 Å². The Hall–Kier alpha value is -1.60. The van der Waals surface area contributed by atoms with Gasteiger partial charge in [0, 0.05) is 0 Å². The Morgan fingerprint density at radius 1 is 0.895 bits per heavy atom. The van der Waals surface area contributed by atoms with E-state index in [2.05, 4.69) is 54.6 Å². The minimum atomic E-state index is 0.676. The minimum Gasteiger partial charge on any atom is -0.330 e. The third kappa shape index (κ3) is 2.87. The lowest BCUT2D eigenvalue weighted by molar-refractivity contribution is 0.565. The lowest BCUT2D eigenvalue weighted by atomic mass is 9.90. The van der Waals surface area contributed by atoms with Crippen LogP contribution in [0, 0.1) is 5.92 Å². The summed E-state index contributed by atoms with van der Waals surface area (Å²) in [6.07, 6.45) is 3.88. The average molecular weight is 251 g/mol. The van der Waals surface area contributed by atoms with E-state index in [1.807, 2.05) is 0 Å². The number of nitrogens with two attached hydrogens (primary N) is 1. The Labute approximate surface area is 115 Å². The van der Waals surface area contributed by atoms with Crippen molar-refractivity contribution >= 4 is 0 Å². The minimum absolute atomic E-state index is 0.676. The van der Waals surface area contributed by atoms with Crippen molar-refractivity contribution in [1.29, 1.82) is 0 Å². The van der Waals surface area contributed by atoms with Crippen LogP contribution in [0.4, 0.5) is 0 Å². The maximum absolute atomic E-state index is 5.75. The molecule has 1 nitrogen and oxygen atoms in total. The van der Waals surface area contributed by atoms with Gasteiger partial charge in [0.25, 0.3) is 0 Å². The highest BCUT2D eigenvalue weighted by Gasteiger charge is 2.31. The normalized spacial score (nSPS) is 16.3. The molecule has 1 aliphatic rings. The highest BCUT2D eigenvalue weighted by Crippen LogP contribution is 2.44. The highest BCUT2D eigenvalue weighted by molar-refractivity contribution is 5.63. The molecule has 2 N–H and O–H groups in total. The molecule has 0 aromatic heterocycles. The maximum Gasteiger partial charge on any atom is -0.00713 e. The summed E-state index contributed by atoms with van der Waals surface area (Å²) < 4.78 is 0. The largest absolute Gasteiger partial charge is 0.330 e. The summed E-state index contributed by atoms with van der Waals surface area (Å²) in [5, 5.41) is 0. The summed E-state index contributed by atoms with van der Waals surface area (Å²) in [4.78, 5) is 0. The Morgan fingerprint density at radius 2 is 1.53 bits per heavy atom. The van der Waals surface area contributed by atoms with Gasteiger partial charge in [0.15, 0.2) is 0 Å². The van der Waals surface area contributed by atoms with Crippen molar-refractivity contribution < 1.29 is 0 Å². The van der Waals surface area contributed by atoms with E-state index in [0.717, 1.165) is 18.9 Å². The molecule has 0 spiro atoms. The fourth-order valence-corrected chi connectivity index (χ4v) is 2.91. The van der Waals surface area contributed by atoms with Crippen molar-refractivity contribution in [1.82, 2.24) is 0 Å². The first-order valence-corrected chi connectivity index (χ1v) is 7.24. The Morgan fingerprint density at radius 3 is 2.11 bits per heavy atom. The van der Waals surface area contributed by atoms with Gasteiger partial charge in [0.2, 0.25) is 0 Å². The summed E-state index contributed by atoms with van der Waals surface area (Å²) in [5.41, 5.74) is 9.80.